The molecular weight excluding hydrogens is 255 g/mol. The molecule has 0 aromatic carbocycles. The molecule has 4 N–H and O–H groups in total. The number of hydrogen-bond acceptors (Lipinski definition) is 6. The van der Waals surface area contributed by atoms with E-state index in [1.165, 1.54) is 6.07 Å². The monoisotopic (exact) mass is 262 g/mol. The largest absolute Gasteiger partial charge is 0.450 e. The van der Waals surface area contributed by atoms with Gasteiger partial charge in [-0.05, 0) is 23.9 Å². The highest BCUT2D eigenvalue weighted by Crippen LogP contribution is 2.37. The van der Waals surface area contributed by atoms with E-state index in [4.69, 9.17) is 19.9 Å². The summed E-state index contributed by atoms with van der Waals surface area (Å²) in [4.78, 5) is 32.8. The fourth-order valence-corrected chi connectivity index (χ4v) is 2.33. The van der Waals surface area contributed by atoms with E-state index in [9.17, 15) is 9.36 Å². The van der Waals surface area contributed by atoms with Crippen molar-refractivity contribution in [3.8, 4) is 0 Å². The van der Waals surface area contributed by atoms with Crippen molar-refractivity contribution in [2.45, 2.75) is 6.04 Å². The summed E-state index contributed by atoms with van der Waals surface area (Å²) >= 11 is 0.775. The maximum Gasteiger partial charge on any atom is 0.391 e. The molecule has 2 heterocycles. The number of nitrogens with zero attached hydrogens (tertiary/aromatic N) is 1. The summed E-state index contributed by atoms with van der Waals surface area (Å²) < 4.78 is 15.7. The molecule has 0 fully saturated rings. The fourth-order valence-electron chi connectivity index (χ4n) is 1.19. The predicted octanol–water partition coefficient (Wildman–Crippen LogP) is -0.288. The molecule has 0 bridgehead atoms. The SMILES string of the molecule is NC1=NC(c2ccc(P(=O)(O)O)o2)C(=O)S1. The lowest BCUT2D eigenvalue weighted by Crippen LogP contribution is -2.02. The molecule has 1 unspecified atom stereocenters. The normalized spacial score (nSPS) is 21.2. The van der Waals surface area contributed by atoms with Gasteiger partial charge in [0, 0.05) is 0 Å². The van der Waals surface area contributed by atoms with E-state index in [2.05, 4.69) is 4.99 Å². The molecule has 0 amide bonds. The highest BCUT2D eigenvalue weighted by atomic mass is 32.2. The van der Waals surface area contributed by atoms with Crippen LogP contribution >= 0.6 is 19.4 Å². The Morgan fingerprint density at radius 2 is 2.19 bits per heavy atom. The molecule has 0 radical (unpaired) electrons. The van der Waals surface area contributed by atoms with Crippen LogP contribution < -0.4 is 11.2 Å². The van der Waals surface area contributed by atoms with E-state index in [1.54, 1.807) is 0 Å². The van der Waals surface area contributed by atoms with Crippen LogP contribution in [0.4, 0.5) is 0 Å². The first-order valence-corrected chi connectivity index (χ1v) is 6.51. The molecule has 1 aliphatic heterocycles. The van der Waals surface area contributed by atoms with E-state index >= 15 is 0 Å². The summed E-state index contributed by atoms with van der Waals surface area (Å²) in [6.07, 6.45) is 0. The molecule has 86 valence electrons. The van der Waals surface area contributed by atoms with Crippen molar-refractivity contribution in [2.24, 2.45) is 10.7 Å². The second-order valence-corrected chi connectivity index (χ2v) is 5.56. The first-order valence-electron chi connectivity index (χ1n) is 4.09. The lowest BCUT2D eigenvalue weighted by atomic mass is 10.2. The van der Waals surface area contributed by atoms with E-state index < -0.39 is 19.1 Å². The van der Waals surface area contributed by atoms with Crippen LogP contribution in [0, 0.1) is 0 Å². The van der Waals surface area contributed by atoms with Crippen LogP contribution in [0.3, 0.4) is 0 Å². The number of carbonyl (C=O) groups excluding carboxylic acids is 1. The van der Waals surface area contributed by atoms with Gasteiger partial charge in [-0.1, -0.05) is 0 Å². The van der Waals surface area contributed by atoms with Gasteiger partial charge in [0.1, 0.15) is 5.76 Å². The number of amidine groups is 1. The Morgan fingerprint density at radius 1 is 1.50 bits per heavy atom. The molecule has 1 atom stereocenters. The summed E-state index contributed by atoms with van der Waals surface area (Å²) in [6.45, 7) is 0. The second kappa shape index (κ2) is 3.74. The van der Waals surface area contributed by atoms with Gasteiger partial charge in [-0.15, -0.1) is 0 Å². The molecule has 1 aromatic rings. The zero-order valence-electron chi connectivity index (χ0n) is 7.73. The molecule has 0 saturated heterocycles. The van der Waals surface area contributed by atoms with Gasteiger partial charge in [-0.2, -0.15) is 0 Å². The Balaban J connectivity index is 2.33. The molecule has 1 aromatic heterocycles. The standard InChI is InChI=1S/C7H7N2O5PS/c8-7-9-5(6(10)16-7)3-1-2-4(14-3)15(11,12)13/h1-2,5H,(H2,8,9)(H2,11,12,13). The van der Waals surface area contributed by atoms with Crippen LogP contribution in [-0.4, -0.2) is 20.1 Å². The average Bonchev–Trinajstić information content (AvgIpc) is 2.70. The smallest absolute Gasteiger partial charge is 0.391 e. The Kier molecular flexibility index (Phi) is 2.67. The molecule has 7 nitrogen and oxygen atoms in total. The molecule has 16 heavy (non-hydrogen) atoms. The molecule has 1 aliphatic rings. The third-order valence-corrected chi connectivity index (χ3v) is 3.41. The van der Waals surface area contributed by atoms with Crippen molar-refractivity contribution in [2.75, 3.05) is 0 Å². The quantitative estimate of drug-likeness (QED) is 0.625. The van der Waals surface area contributed by atoms with Crippen molar-refractivity contribution in [1.29, 1.82) is 0 Å². The van der Waals surface area contributed by atoms with Crippen LogP contribution in [0.2, 0.25) is 0 Å². The number of rotatable bonds is 2. The molecule has 0 saturated carbocycles. The number of thioether (sulfide) groups is 1. The van der Waals surface area contributed by atoms with Crippen LogP contribution in [0.5, 0.6) is 0 Å². The summed E-state index contributed by atoms with van der Waals surface area (Å²) in [5.41, 5.74) is 4.86. The zero-order valence-corrected chi connectivity index (χ0v) is 9.44. The number of carbonyl (C=O) groups is 1. The van der Waals surface area contributed by atoms with E-state index in [1.807, 2.05) is 0 Å². The highest BCUT2D eigenvalue weighted by molar-refractivity contribution is 8.26. The van der Waals surface area contributed by atoms with Gasteiger partial charge in [-0.25, -0.2) is 4.99 Å². The van der Waals surface area contributed by atoms with E-state index in [0.717, 1.165) is 17.8 Å². The van der Waals surface area contributed by atoms with Gasteiger partial charge in [0.15, 0.2) is 11.2 Å². The maximum absolute atomic E-state index is 11.4. The number of nitrogens with two attached hydrogens (primary N) is 1. The Hall–Kier alpha value is -1.08. The van der Waals surface area contributed by atoms with Crippen molar-refractivity contribution in [3.63, 3.8) is 0 Å². The topological polar surface area (TPSA) is 126 Å². The average molecular weight is 262 g/mol. The minimum Gasteiger partial charge on any atom is -0.450 e. The summed E-state index contributed by atoms with van der Waals surface area (Å²) in [6, 6.07) is 1.52. The second-order valence-electron chi connectivity index (χ2n) is 3.01. The highest BCUT2D eigenvalue weighted by Gasteiger charge is 2.32. The third-order valence-electron chi connectivity index (χ3n) is 1.85. The van der Waals surface area contributed by atoms with Crippen molar-refractivity contribution in [1.82, 2.24) is 0 Å². The van der Waals surface area contributed by atoms with Gasteiger partial charge in [-0.3, -0.25) is 9.36 Å². The molecule has 0 spiro atoms. The third kappa shape index (κ3) is 2.05. The maximum atomic E-state index is 11.4. The van der Waals surface area contributed by atoms with E-state index in [0.29, 0.717) is 0 Å². The van der Waals surface area contributed by atoms with Gasteiger partial charge >= 0.3 is 7.60 Å². The van der Waals surface area contributed by atoms with Crippen LogP contribution in [-0.2, 0) is 9.36 Å². The summed E-state index contributed by atoms with van der Waals surface area (Å²) in [5.74, 6) is 0.0799. The first-order chi connectivity index (χ1) is 7.38. The number of furan rings is 1. The van der Waals surface area contributed by atoms with Crippen LogP contribution in [0.15, 0.2) is 21.5 Å². The molecule has 0 aliphatic carbocycles. The van der Waals surface area contributed by atoms with Crippen LogP contribution in [0.1, 0.15) is 11.8 Å². The van der Waals surface area contributed by atoms with Gasteiger partial charge < -0.3 is 19.9 Å². The number of hydrogen-bond donors (Lipinski definition) is 3. The fraction of sp³-hybridized carbons (Fsp3) is 0.143. The summed E-state index contributed by atoms with van der Waals surface area (Å²) in [7, 11) is -4.44. The molecule has 9 heteroatoms. The lowest BCUT2D eigenvalue weighted by molar-refractivity contribution is -0.112. The Morgan fingerprint density at radius 3 is 2.62 bits per heavy atom. The Labute approximate surface area is 93.9 Å². The zero-order chi connectivity index (χ0) is 11.9. The minimum absolute atomic E-state index is 0.0799. The molecular formula is C7H7N2O5PS. The van der Waals surface area contributed by atoms with Crippen LogP contribution in [0.25, 0.3) is 0 Å². The van der Waals surface area contributed by atoms with Gasteiger partial charge in [0.05, 0.1) is 0 Å². The summed E-state index contributed by atoms with van der Waals surface area (Å²) in [5, 5.41) is -0.215. The lowest BCUT2D eigenvalue weighted by Gasteiger charge is -2.00. The van der Waals surface area contributed by atoms with Crippen molar-refractivity contribution in [3.05, 3.63) is 17.9 Å². The minimum atomic E-state index is -4.44. The predicted molar refractivity (Wildman–Crippen MR) is 57.3 cm³/mol. The first kappa shape index (κ1) is 11.4. The van der Waals surface area contributed by atoms with Crippen molar-refractivity contribution >= 4 is 35.1 Å². The van der Waals surface area contributed by atoms with Gasteiger partial charge in [0.25, 0.3) is 0 Å². The number of aliphatic imine (C=N–C) groups is 1. The van der Waals surface area contributed by atoms with E-state index in [-0.39, 0.29) is 16.0 Å². The van der Waals surface area contributed by atoms with Gasteiger partial charge in [0.2, 0.25) is 10.6 Å². The molecule has 2 rings (SSSR count). The Bertz CT molecular complexity index is 519. The van der Waals surface area contributed by atoms with Crippen molar-refractivity contribution < 1.29 is 23.6 Å².